The summed E-state index contributed by atoms with van der Waals surface area (Å²) in [7, 11) is 0. The topological polar surface area (TPSA) is 64.7 Å². The first-order valence-electron chi connectivity index (χ1n) is 5.03. The molecule has 10 heteroatoms. The fourth-order valence-electron chi connectivity index (χ4n) is 1.30. The Kier molecular flexibility index (Phi) is 4.71. The van der Waals surface area contributed by atoms with Crippen LogP contribution in [0.25, 0.3) is 0 Å². The van der Waals surface area contributed by atoms with Crippen molar-refractivity contribution in [2.24, 2.45) is 5.73 Å². The van der Waals surface area contributed by atoms with Gasteiger partial charge in [-0.2, -0.15) is 0 Å². The van der Waals surface area contributed by atoms with Crippen molar-refractivity contribution in [3.05, 3.63) is 23.8 Å². The molecule has 0 aromatic heterocycles. The van der Waals surface area contributed by atoms with Crippen LogP contribution in [0, 0.1) is 0 Å². The summed E-state index contributed by atoms with van der Waals surface area (Å²) in [6.45, 7) is -0.680. The maximum Gasteiger partial charge on any atom is 0.573 e. The highest BCUT2D eigenvalue weighted by atomic mass is 19.4. The van der Waals surface area contributed by atoms with E-state index in [1.54, 1.807) is 0 Å². The van der Waals surface area contributed by atoms with E-state index in [-0.39, 0.29) is 5.56 Å². The van der Waals surface area contributed by atoms with Crippen molar-refractivity contribution >= 4 is 0 Å². The largest absolute Gasteiger partial charge is 0.573 e. The van der Waals surface area contributed by atoms with Crippen molar-refractivity contribution in [1.29, 1.82) is 0 Å². The summed E-state index contributed by atoms with van der Waals surface area (Å²) < 4.78 is 79.4. The zero-order chi connectivity index (χ0) is 15.6. The minimum absolute atomic E-state index is 0.200. The molecule has 4 nitrogen and oxygen atoms in total. The first kappa shape index (κ1) is 16.4. The van der Waals surface area contributed by atoms with Gasteiger partial charge in [-0.3, -0.25) is 0 Å². The number of aliphatic hydroxyl groups is 1. The molecule has 0 fully saturated rings. The van der Waals surface area contributed by atoms with Gasteiger partial charge in [-0.15, -0.1) is 26.3 Å². The zero-order valence-corrected chi connectivity index (χ0v) is 9.63. The summed E-state index contributed by atoms with van der Waals surface area (Å²) in [6.07, 6.45) is -10.2. The normalized spacial score (nSPS) is 14.0. The number of alkyl halides is 6. The molecular formula is C10H9F6NO3. The van der Waals surface area contributed by atoms with Crippen LogP contribution < -0.4 is 15.2 Å². The highest BCUT2D eigenvalue weighted by Crippen LogP contribution is 2.32. The number of rotatable bonds is 4. The molecule has 0 spiro atoms. The van der Waals surface area contributed by atoms with Crippen LogP contribution >= 0.6 is 0 Å². The van der Waals surface area contributed by atoms with Gasteiger partial charge in [0.05, 0.1) is 12.6 Å². The summed E-state index contributed by atoms with van der Waals surface area (Å²) in [5.41, 5.74) is 5.14. The van der Waals surface area contributed by atoms with Crippen molar-refractivity contribution in [3.8, 4) is 11.5 Å². The fourth-order valence-corrected chi connectivity index (χ4v) is 1.30. The van der Waals surface area contributed by atoms with Crippen LogP contribution in [0.5, 0.6) is 11.5 Å². The van der Waals surface area contributed by atoms with Gasteiger partial charge in [-0.1, -0.05) is 0 Å². The molecule has 20 heavy (non-hydrogen) atoms. The van der Waals surface area contributed by atoms with Gasteiger partial charge < -0.3 is 20.3 Å². The van der Waals surface area contributed by atoms with Crippen LogP contribution in [-0.2, 0) is 0 Å². The van der Waals surface area contributed by atoms with Gasteiger partial charge in [0, 0.05) is 6.07 Å². The Morgan fingerprint density at radius 3 is 1.65 bits per heavy atom. The Hall–Kier alpha value is -1.68. The van der Waals surface area contributed by atoms with E-state index >= 15 is 0 Å². The Labute approximate surface area is 108 Å². The monoisotopic (exact) mass is 305 g/mol. The van der Waals surface area contributed by atoms with E-state index in [1.165, 1.54) is 0 Å². The predicted molar refractivity (Wildman–Crippen MR) is 53.8 cm³/mol. The Morgan fingerprint density at radius 2 is 1.35 bits per heavy atom. The molecule has 1 atom stereocenters. The second kappa shape index (κ2) is 5.75. The lowest BCUT2D eigenvalue weighted by atomic mass is 10.1. The van der Waals surface area contributed by atoms with Crippen molar-refractivity contribution in [2.45, 2.75) is 18.8 Å². The molecule has 0 saturated heterocycles. The van der Waals surface area contributed by atoms with Crippen LogP contribution in [0.1, 0.15) is 11.6 Å². The van der Waals surface area contributed by atoms with E-state index in [4.69, 9.17) is 10.8 Å². The SMILES string of the molecule is NC(CO)c1cc(OC(F)(F)F)cc(OC(F)(F)F)c1. The summed E-state index contributed by atoms with van der Waals surface area (Å²) in [4.78, 5) is 0. The van der Waals surface area contributed by atoms with E-state index in [0.717, 1.165) is 12.1 Å². The quantitative estimate of drug-likeness (QED) is 0.839. The molecule has 0 heterocycles. The maximum absolute atomic E-state index is 12.1. The fraction of sp³-hybridized carbons (Fsp3) is 0.400. The second-order valence-electron chi connectivity index (χ2n) is 3.62. The maximum atomic E-state index is 12.1. The molecule has 0 aliphatic rings. The lowest BCUT2D eigenvalue weighted by Gasteiger charge is -2.16. The molecular weight excluding hydrogens is 296 g/mol. The molecule has 3 N–H and O–H groups in total. The van der Waals surface area contributed by atoms with Gasteiger partial charge in [0.1, 0.15) is 11.5 Å². The van der Waals surface area contributed by atoms with Crippen molar-refractivity contribution in [1.82, 2.24) is 0 Å². The molecule has 0 bridgehead atoms. The van der Waals surface area contributed by atoms with E-state index in [9.17, 15) is 26.3 Å². The highest BCUT2D eigenvalue weighted by molar-refractivity contribution is 5.40. The smallest absolute Gasteiger partial charge is 0.406 e. The third kappa shape index (κ3) is 5.53. The average molecular weight is 305 g/mol. The standard InChI is InChI=1S/C10H9F6NO3/c11-9(12,13)19-6-1-5(8(17)4-18)2-7(3-6)20-10(14,15)16/h1-3,8,18H,4,17H2. The number of hydrogen-bond acceptors (Lipinski definition) is 4. The molecule has 0 amide bonds. The van der Waals surface area contributed by atoms with Gasteiger partial charge in [0.15, 0.2) is 0 Å². The van der Waals surface area contributed by atoms with Crippen molar-refractivity contribution in [3.63, 3.8) is 0 Å². The van der Waals surface area contributed by atoms with E-state index in [2.05, 4.69) is 9.47 Å². The van der Waals surface area contributed by atoms with Crippen LogP contribution in [-0.4, -0.2) is 24.4 Å². The number of nitrogens with two attached hydrogens (primary N) is 1. The average Bonchev–Trinajstić information content (AvgIpc) is 2.22. The van der Waals surface area contributed by atoms with Gasteiger partial charge in [-0.25, -0.2) is 0 Å². The summed E-state index contributed by atoms with van der Waals surface area (Å²) in [6, 6.07) is 0.756. The summed E-state index contributed by atoms with van der Waals surface area (Å²) >= 11 is 0. The molecule has 0 aliphatic heterocycles. The van der Waals surface area contributed by atoms with Gasteiger partial charge >= 0.3 is 12.7 Å². The van der Waals surface area contributed by atoms with Crippen molar-refractivity contribution < 1.29 is 40.9 Å². The molecule has 1 rings (SSSR count). The predicted octanol–water partition coefficient (Wildman–Crippen LogP) is 2.48. The minimum Gasteiger partial charge on any atom is -0.406 e. The zero-order valence-electron chi connectivity index (χ0n) is 9.63. The summed E-state index contributed by atoms with van der Waals surface area (Å²) in [5, 5.41) is 8.78. The molecule has 114 valence electrons. The molecule has 0 radical (unpaired) electrons. The second-order valence-corrected chi connectivity index (χ2v) is 3.62. The lowest BCUT2D eigenvalue weighted by Crippen LogP contribution is -2.20. The first-order valence-corrected chi connectivity index (χ1v) is 5.03. The van der Waals surface area contributed by atoms with Gasteiger partial charge in [0.25, 0.3) is 0 Å². The van der Waals surface area contributed by atoms with E-state index in [0.29, 0.717) is 6.07 Å². The molecule has 1 aromatic rings. The molecule has 1 aromatic carbocycles. The highest BCUT2D eigenvalue weighted by Gasteiger charge is 2.34. The van der Waals surface area contributed by atoms with Crippen LogP contribution in [0.3, 0.4) is 0 Å². The van der Waals surface area contributed by atoms with Gasteiger partial charge in [0.2, 0.25) is 0 Å². The Balaban J connectivity index is 3.14. The number of hydrogen-bond donors (Lipinski definition) is 2. The van der Waals surface area contributed by atoms with E-state index in [1.807, 2.05) is 0 Å². The third-order valence-electron chi connectivity index (χ3n) is 1.99. The first-order chi connectivity index (χ1) is 9.00. The van der Waals surface area contributed by atoms with E-state index < -0.39 is 36.9 Å². The van der Waals surface area contributed by atoms with Crippen molar-refractivity contribution in [2.75, 3.05) is 6.61 Å². The number of benzene rings is 1. The Morgan fingerprint density at radius 1 is 0.950 bits per heavy atom. The van der Waals surface area contributed by atoms with Gasteiger partial charge in [-0.05, 0) is 17.7 Å². The number of ether oxygens (including phenoxy) is 2. The third-order valence-corrected chi connectivity index (χ3v) is 1.99. The minimum atomic E-state index is -5.09. The lowest BCUT2D eigenvalue weighted by molar-refractivity contribution is -0.276. The van der Waals surface area contributed by atoms with Crippen LogP contribution in [0.15, 0.2) is 18.2 Å². The Bertz CT molecular complexity index is 425. The summed E-state index contributed by atoms with van der Waals surface area (Å²) in [5.74, 6) is -1.86. The number of halogens is 6. The molecule has 0 aliphatic carbocycles. The number of aliphatic hydroxyl groups excluding tert-OH is 1. The molecule has 0 saturated carbocycles. The van der Waals surface area contributed by atoms with Crippen LogP contribution in [0.2, 0.25) is 0 Å². The molecule has 1 unspecified atom stereocenters. The van der Waals surface area contributed by atoms with Crippen LogP contribution in [0.4, 0.5) is 26.3 Å².